The molecule has 0 radical (unpaired) electrons. The molecule has 0 unspecified atom stereocenters. The maximum absolute atomic E-state index is 14.4. The topological polar surface area (TPSA) is 96.8 Å². The van der Waals surface area contributed by atoms with Crippen LogP contribution in [0.3, 0.4) is 0 Å². The van der Waals surface area contributed by atoms with E-state index in [1.54, 1.807) is 55.5 Å². The third kappa shape index (κ3) is 8.43. The van der Waals surface area contributed by atoms with E-state index in [0.717, 1.165) is 6.07 Å². The number of carbonyl (C=O) groups is 1. The molecule has 10 heteroatoms. The number of rotatable bonds is 11. The summed E-state index contributed by atoms with van der Waals surface area (Å²) in [5.74, 6) is -0.534. The first-order chi connectivity index (χ1) is 18.1. The van der Waals surface area contributed by atoms with Crippen LogP contribution in [0.5, 0.6) is 11.5 Å². The Morgan fingerprint density at radius 3 is 2.29 bits per heavy atom. The van der Waals surface area contributed by atoms with Gasteiger partial charge in [0.1, 0.15) is 23.9 Å². The second-order valence-electron chi connectivity index (χ2n) is 8.30. The van der Waals surface area contributed by atoms with Crippen LogP contribution in [0.2, 0.25) is 0 Å². The summed E-state index contributed by atoms with van der Waals surface area (Å²) in [5.41, 5.74) is 14.3. The summed E-state index contributed by atoms with van der Waals surface area (Å²) in [5, 5.41) is 0. The Hall–Kier alpha value is -4.21. The molecule has 4 N–H and O–H groups in total. The minimum Gasteiger partial charge on any atom is -0.493 e. The number of carbonyl (C=O) groups excluding carboxylic acids is 1. The summed E-state index contributed by atoms with van der Waals surface area (Å²) in [7, 11) is 0. The molecule has 0 saturated heterocycles. The van der Waals surface area contributed by atoms with E-state index in [-0.39, 0.29) is 43.1 Å². The maximum atomic E-state index is 14.4. The molecule has 0 amide bonds. The lowest BCUT2D eigenvalue weighted by Crippen LogP contribution is -2.09. The number of nitrogen functional groups attached to an aromatic ring is 2. The minimum atomic E-state index is -4.25. The fraction of sp³-hybridized carbons (Fsp3) is 0.250. The average molecular weight is 533 g/mol. The number of esters is 1. The van der Waals surface area contributed by atoms with Crippen LogP contribution in [0, 0.1) is 5.82 Å². The fourth-order valence-corrected chi connectivity index (χ4v) is 3.47. The Morgan fingerprint density at radius 2 is 1.66 bits per heavy atom. The Morgan fingerprint density at radius 1 is 0.947 bits per heavy atom. The molecule has 0 aromatic heterocycles. The first kappa shape index (κ1) is 28.4. The Balaban J connectivity index is 1.65. The number of anilines is 2. The first-order valence-corrected chi connectivity index (χ1v) is 11.8. The second kappa shape index (κ2) is 12.8. The molecular weight excluding hydrogens is 504 g/mol. The predicted molar refractivity (Wildman–Crippen MR) is 138 cm³/mol. The highest BCUT2D eigenvalue weighted by molar-refractivity contribution is 6.23. The van der Waals surface area contributed by atoms with Gasteiger partial charge in [0.15, 0.2) is 0 Å². The van der Waals surface area contributed by atoms with Gasteiger partial charge in [-0.25, -0.2) is 9.18 Å². The number of halogens is 4. The Bertz CT molecular complexity index is 1270. The lowest BCUT2D eigenvalue weighted by Gasteiger charge is -2.12. The van der Waals surface area contributed by atoms with Crippen LogP contribution in [0.15, 0.2) is 60.7 Å². The van der Waals surface area contributed by atoms with Crippen LogP contribution >= 0.6 is 0 Å². The molecule has 6 nitrogen and oxygen atoms in total. The quantitative estimate of drug-likeness (QED) is 0.0742. The average Bonchev–Trinajstić information content (AvgIpc) is 2.85. The Kier molecular flexibility index (Phi) is 9.59. The SMILES string of the molecule is CCOC(=O)/C(=C/c1ccc(OCc2ccc(OCCCC(F)(F)F)cc2F)cc1)c1ccc(N)cc1N. The molecule has 0 saturated carbocycles. The molecule has 0 aliphatic carbocycles. The van der Waals surface area contributed by atoms with Crippen LogP contribution in [0.4, 0.5) is 28.9 Å². The molecule has 202 valence electrons. The molecule has 38 heavy (non-hydrogen) atoms. The number of alkyl halides is 3. The number of hydrogen-bond donors (Lipinski definition) is 2. The summed E-state index contributed by atoms with van der Waals surface area (Å²) < 4.78 is 67.0. The number of benzene rings is 3. The molecule has 0 atom stereocenters. The van der Waals surface area contributed by atoms with Gasteiger partial charge in [-0.1, -0.05) is 12.1 Å². The summed E-state index contributed by atoms with van der Waals surface area (Å²) in [6.07, 6.45) is -3.79. The number of ether oxygens (including phenoxy) is 3. The van der Waals surface area contributed by atoms with Gasteiger partial charge in [0.05, 0.1) is 18.8 Å². The highest BCUT2D eigenvalue weighted by Gasteiger charge is 2.26. The van der Waals surface area contributed by atoms with Crippen molar-refractivity contribution in [1.29, 1.82) is 0 Å². The van der Waals surface area contributed by atoms with E-state index in [0.29, 0.717) is 28.3 Å². The molecule has 3 aromatic carbocycles. The standard InChI is InChI=1S/C28H28F4N2O4/c1-2-36-27(35)24(23-11-7-20(33)15-26(23)34)14-18-4-8-21(9-5-18)38-17-19-6-10-22(16-25(19)29)37-13-3-12-28(30,31)32/h4-11,14-16H,2-3,12-13,17,33-34H2,1H3/b24-14+. The maximum Gasteiger partial charge on any atom is 0.389 e. The molecule has 0 fully saturated rings. The van der Waals surface area contributed by atoms with Crippen molar-refractivity contribution in [3.05, 3.63) is 83.2 Å². The van der Waals surface area contributed by atoms with Crippen molar-refractivity contribution >= 4 is 29.0 Å². The summed E-state index contributed by atoms with van der Waals surface area (Å²) in [4.78, 5) is 12.6. The van der Waals surface area contributed by atoms with Gasteiger partial charge in [-0.05, 0) is 67.4 Å². The van der Waals surface area contributed by atoms with Gasteiger partial charge in [0.2, 0.25) is 0 Å². The molecule has 3 rings (SSSR count). The van der Waals surface area contributed by atoms with Gasteiger partial charge in [-0.15, -0.1) is 0 Å². The van der Waals surface area contributed by atoms with E-state index in [2.05, 4.69) is 0 Å². The lowest BCUT2D eigenvalue weighted by molar-refractivity contribution is -0.137. The zero-order valence-electron chi connectivity index (χ0n) is 20.7. The third-order valence-corrected chi connectivity index (χ3v) is 5.34. The monoisotopic (exact) mass is 532 g/mol. The van der Waals surface area contributed by atoms with E-state index in [9.17, 15) is 22.4 Å². The zero-order valence-corrected chi connectivity index (χ0v) is 20.7. The molecular formula is C28H28F4N2O4. The highest BCUT2D eigenvalue weighted by Crippen LogP contribution is 2.28. The summed E-state index contributed by atoms with van der Waals surface area (Å²) in [6.45, 7) is 1.65. The van der Waals surface area contributed by atoms with Crippen molar-refractivity contribution < 1.29 is 36.6 Å². The van der Waals surface area contributed by atoms with E-state index < -0.39 is 24.4 Å². The van der Waals surface area contributed by atoms with E-state index in [1.165, 1.54) is 12.1 Å². The third-order valence-electron chi connectivity index (χ3n) is 5.34. The van der Waals surface area contributed by atoms with Crippen molar-refractivity contribution in [3.8, 4) is 11.5 Å². The van der Waals surface area contributed by atoms with Crippen molar-refractivity contribution in [2.24, 2.45) is 0 Å². The van der Waals surface area contributed by atoms with Crippen molar-refractivity contribution in [2.75, 3.05) is 24.7 Å². The van der Waals surface area contributed by atoms with Gasteiger partial charge in [0, 0.05) is 35.0 Å². The lowest BCUT2D eigenvalue weighted by atomic mass is 10.0. The largest absolute Gasteiger partial charge is 0.493 e. The summed E-state index contributed by atoms with van der Waals surface area (Å²) >= 11 is 0. The van der Waals surface area contributed by atoms with Crippen LogP contribution in [0.25, 0.3) is 11.6 Å². The van der Waals surface area contributed by atoms with E-state index >= 15 is 0 Å². The van der Waals surface area contributed by atoms with Crippen LogP contribution in [-0.4, -0.2) is 25.4 Å². The van der Waals surface area contributed by atoms with Gasteiger partial charge in [-0.3, -0.25) is 0 Å². The summed E-state index contributed by atoms with van der Waals surface area (Å²) in [6, 6.07) is 15.7. The molecule has 0 aliphatic heterocycles. The minimum absolute atomic E-state index is 0.0780. The van der Waals surface area contributed by atoms with Crippen molar-refractivity contribution in [2.45, 2.75) is 32.5 Å². The van der Waals surface area contributed by atoms with Gasteiger partial charge < -0.3 is 25.7 Å². The molecule has 0 heterocycles. The number of hydrogen-bond acceptors (Lipinski definition) is 6. The van der Waals surface area contributed by atoms with E-state index in [4.69, 9.17) is 25.7 Å². The highest BCUT2D eigenvalue weighted by atomic mass is 19.4. The van der Waals surface area contributed by atoms with Crippen molar-refractivity contribution in [1.82, 2.24) is 0 Å². The van der Waals surface area contributed by atoms with Crippen LogP contribution in [0.1, 0.15) is 36.5 Å². The second-order valence-corrected chi connectivity index (χ2v) is 8.30. The first-order valence-electron chi connectivity index (χ1n) is 11.8. The number of nitrogens with two attached hydrogens (primary N) is 2. The van der Waals surface area contributed by atoms with Gasteiger partial charge in [-0.2, -0.15) is 13.2 Å². The Labute approximate surface area is 217 Å². The zero-order chi connectivity index (χ0) is 27.7. The van der Waals surface area contributed by atoms with Crippen molar-refractivity contribution in [3.63, 3.8) is 0 Å². The molecule has 3 aromatic rings. The van der Waals surface area contributed by atoms with E-state index in [1.807, 2.05) is 0 Å². The smallest absolute Gasteiger partial charge is 0.389 e. The normalized spacial score (nSPS) is 11.8. The predicted octanol–water partition coefficient (Wildman–Crippen LogP) is 6.39. The fourth-order valence-electron chi connectivity index (χ4n) is 3.47. The van der Waals surface area contributed by atoms with Crippen LogP contribution in [-0.2, 0) is 16.1 Å². The van der Waals surface area contributed by atoms with Crippen LogP contribution < -0.4 is 20.9 Å². The van der Waals surface area contributed by atoms with Gasteiger partial charge >= 0.3 is 12.1 Å². The molecule has 0 bridgehead atoms. The molecule has 0 aliphatic rings. The van der Waals surface area contributed by atoms with Gasteiger partial charge in [0.25, 0.3) is 0 Å². The molecule has 0 spiro atoms.